The Morgan fingerprint density at radius 3 is 2.20 bits per heavy atom. The summed E-state index contributed by atoms with van der Waals surface area (Å²) in [7, 11) is 1.72. The number of piperazine rings is 1. The molecule has 7 rings (SSSR count). The van der Waals surface area contributed by atoms with E-state index in [1.165, 1.54) is 64.2 Å². The molecule has 1 heterocycles. The van der Waals surface area contributed by atoms with E-state index in [0.29, 0.717) is 58.0 Å². The third-order valence-electron chi connectivity index (χ3n) is 17.0. The standard InChI is InChI=1S/C40H67N2O3/c1-35(2)13-8-14-37(4)31(35)12-15-39(6)32(37)10-9-30-33-29(36(3)17-18-36)11-16-40(33,20-19-38(30,39)5)34(43)42-23-21-41(22-24-42)25-26-45-28-27-44-7/h13,29-33H,8-12,14-28H2,1-7H3/t29-,30-,31-,32-,33-,37-,38-,39-,40+/m1/s1. The van der Waals surface area contributed by atoms with Gasteiger partial charge in [0.05, 0.1) is 25.2 Å². The molecule has 6 aliphatic carbocycles. The Morgan fingerprint density at radius 2 is 1.49 bits per heavy atom. The van der Waals surface area contributed by atoms with Gasteiger partial charge < -0.3 is 14.4 Å². The zero-order chi connectivity index (χ0) is 31.9. The van der Waals surface area contributed by atoms with Crippen LogP contribution in [0.4, 0.5) is 0 Å². The molecule has 0 aromatic carbocycles. The molecule has 1 amide bonds. The smallest absolute Gasteiger partial charge is 0.229 e. The molecule has 1 radical (unpaired) electrons. The summed E-state index contributed by atoms with van der Waals surface area (Å²) in [6, 6.07) is 0. The SMILES string of the molecule is COCCOCCN1CCN(C(=O)[C@]23CC[C@@H](C4(C)CC4)[C@@H]2[C@H]2CC[C@@H]4[C@]5(C)CC[CH]C(C)(C)[C@H]5CC[C@@]4(C)[C@]2(C)CC3)CC1. The Morgan fingerprint density at radius 1 is 0.733 bits per heavy atom. The van der Waals surface area contributed by atoms with Crippen LogP contribution in [0.1, 0.15) is 119 Å². The van der Waals surface area contributed by atoms with Crippen molar-refractivity contribution < 1.29 is 14.3 Å². The van der Waals surface area contributed by atoms with E-state index in [9.17, 15) is 0 Å². The van der Waals surface area contributed by atoms with E-state index >= 15 is 4.79 Å². The largest absolute Gasteiger partial charge is 0.382 e. The molecular formula is C40H67N2O3. The number of carbonyl (C=O) groups is 1. The summed E-state index contributed by atoms with van der Waals surface area (Å²) in [5, 5.41) is 0. The highest BCUT2D eigenvalue weighted by Gasteiger charge is 2.73. The first-order chi connectivity index (χ1) is 21.3. The molecule has 1 aliphatic heterocycles. The molecule has 0 aromatic rings. The van der Waals surface area contributed by atoms with E-state index in [1.54, 1.807) is 7.11 Å². The number of rotatable bonds is 8. The molecule has 5 heteroatoms. The number of methoxy groups -OCH3 is 1. The first-order valence-electron chi connectivity index (χ1n) is 19.3. The highest BCUT2D eigenvalue weighted by Crippen LogP contribution is 2.79. The first-order valence-corrected chi connectivity index (χ1v) is 19.3. The quantitative estimate of drug-likeness (QED) is 0.258. The van der Waals surface area contributed by atoms with Gasteiger partial charge in [0.25, 0.3) is 0 Å². The molecule has 45 heavy (non-hydrogen) atoms. The van der Waals surface area contributed by atoms with Crippen LogP contribution >= 0.6 is 0 Å². The Labute approximate surface area is 276 Å². The summed E-state index contributed by atoms with van der Waals surface area (Å²) in [6.45, 7) is 22.7. The summed E-state index contributed by atoms with van der Waals surface area (Å²) in [4.78, 5) is 19.8. The molecule has 1 saturated heterocycles. The normalized spacial score (nSPS) is 46.9. The topological polar surface area (TPSA) is 42.0 Å². The Balaban J connectivity index is 1.13. The third-order valence-corrected chi connectivity index (χ3v) is 17.0. The zero-order valence-corrected chi connectivity index (χ0v) is 30.2. The monoisotopic (exact) mass is 624 g/mol. The van der Waals surface area contributed by atoms with Gasteiger partial charge in [-0.25, -0.2) is 0 Å². The third kappa shape index (κ3) is 4.95. The molecule has 5 nitrogen and oxygen atoms in total. The van der Waals surface area contributed by atoms with Crippen LogP contribution in [-0.2, 0) is 14.3 Å². The minimum Gasteiger partial charge on any atom is -0.382 e. The van der Waals surface area contributed by atoms with Crippen LogP contribution in [-0.4, -0.2) is 75.4 Å². The molecule has 7 fully saturated rings. The van der Waals surface area contributed by atoms with E-state index < -0.39 is 0 Å². The summed E-state index contributed by atoms with van der Waals surface area (Å²) < 4.78 is 10.9. The maximum atomic E-state index is 15.0. The molecule has 9 atom stereocenters. The van der Waals surface area contributed by atoms with Crippen LogP contribution < -0.4 is 0 Å². The summed E-state index contributed by atoms with van der Waals surface area (Å²) in [6.07, 6.45) is 18.5. The van der Waals surface area contributed by atoms with Crippen molar-refractivity contribution >= 4 is 5.91 Å². The van der Waals surface area contributed by atoms with Gasteiger partial charge in [0.15, 0.2) is 0 Å². The van der Waals surface area contributed by atoms with Gasteiger partial charge in [0, 0.05) is 39.8 Å². The van der Waals surface area contributed by atoms with Crippen molar-refractivity contribution in [3.05, 3.63) is 6.42 Å². The predicted molar refractivity (Wildman–Crippen MR) is 182 cm³/mol. The molecule has 7 aliphatic rings. The Bertz CT molecular complexity index is 1110. The van der Waals surface area contributed by atoms with Gasteiger partial charge >= 0.3 is 0 Å². The summed E-state index contributed by atoms with van der Waals surface area (Å²) in [5.41, 5.74) is 1.92. The van der Waals surface area contributed by atoms with Crippen LogP contribution in [0.5, 0.6) is 0 Å². The lowest BCUT2D eigenvalue weighted by Gasteiger charge is -2.72. The molecule has 0 N–H and O–H groups in total. The number of amides is 1. The van der Waals surface area contributed by atoms with Crippen molar-refractivity contribution in [3.63, 3.8) is 0 Å². The average molecular weight is 624 g/mol. The molecule has 0 unspecified atom stereocenters. The van der Waals surface area contributed by atoms with E-state index in [2.05, 4.69) is 57.8 Å². The lowest BCUT2D eigenvalue weighted by atomic mass is 9.32. The van der Waals surface area contributed by atoms with E-state index in [0.717, 1.165) is 69.9 Å². The van der Waals surface area contributed by atoms with Gasteiger partial charge in [-0.15, -0.1) is 0 Å². The number of fused-ring (bicyclic) bond motifs is 7. The number of hydrogen-bond donors (Lipinski definition) is 0. The fourth-order valence-corrected chi connectivity index (χ4v) is 14.1. The number of hydrogen-bond acceptors (Lipinski definition) is 4. The molecule has 0 spiro atoms. The van der Waals surface area contributed by atoms with Gasteiger partial charge in [0.1, 0.15) is 0 Å². The zero-order valence-electron chi connectivity index (χ0n) is 30.2. The Hall–Kier alpha value is -0.650. The van der Waals surface area contributed by atoms with Crippen molar-refractivity contribution in [1.29, 1.82) is 0 Å². The van der Waals surface area contributed by atoms with Gasteiger partial charge in [-0.05, 0) is 140 Å². The second-order valence-corrected chi connectivity index (χ2v) is 19.0. The van der Waals surface area contributed by atoms with Crippen molar-refractivity contribution in [2.24, 2.45) is 62.1 Å². The first kappa shape index (κ1) is 32.9. The predicted octanol–water partition coefficient (Wildman–Crippen LogP) is 7.88. The van der Waals surface area contributed by atoms with Gasteiger partial charge in [0.2, 0.25) is 5.91 Å². The number of ether oxygens (including phenoxy) is 2. The molecule has 0 aromatic heterocycles. The Kier molecular flexibility index (Phi) is 8.38. The van der Waals surface area contributed by atoms with E-state index in [-0.39, 0.29) is 5.41 Å². The maximum absolute atomic E-state index is 15.0. The van der Waals surface area contributed by atoms with E-state index in [1.807, 2.05) is 0 Å². The second-order valence-electron chi connectivity index (χ2n) is 19.0. The van der Waals surface area contributed by atoms with E-state index in [4.69, 9.17) is 9.47 Å². The second kappa shape index (κ2) is 11.5. The van der Waals surface area contributed by atoms with Crippen LogP contribution in [0.3, 0.4) is 0 Å². The van der Waals surface area contributed by atoms with Crippen LogP contribution in [0, 0.1) is 68.5 Å². The lowest BCUT2D eigenvalue weighted by molar-refractivity contribution is -0.235. The highest BCUT2D eigenvalue weighted by molar-refractivity contribution is 5.84. The summed E-state index contributed by atoms with van der Waals surface area (Å²) in [5.74, 6) is 4.24. The van der Waals surface area contributed by atoms with Gasteiger partial charge in [-0.2, -0.15) is 0 Å². The molecule has 6 saturated carbocycles. The van der Waals surface area contributed by atoms with Crippen molar-refractivity contribution in [3.8, 4) is 0 Å². The lowest BCUT2D eigenvalue weighted by Crippen LogP contribution is -2.67. The fourth-order valence-electron chi connectivity index (χ4n) is 14.1. The van der Waals surface area contributed by atoms with Gasteiger partial charge in [-0.3, -0.25) is 9.69 Å². The minimum atomic E-state index is -0.113. The van der Waals surface area contributed by atoms with Crippen molar-refractivity contribution in [2.45, 2.75) is 119 Å². The fraction of sp³-hybridized carbons (Fsp3) is 0.950. The minimum absolute atomic E-state index is 0.113. The van der Waals surface area contributed by atoms with Crippen molar-refractivity contribution in [1.82, 2.24) is 9.80 Å². The van der Waals surface area contributed by atoms with Crippen molar-refractivity contribution in [2.75, 3.05) is 59.7 Å². The molecule has 0 bridgehead atoms. The molecular weight excluding hydrogens is 556 g/mol. The van der Waals surface area contributed by atoms with Gasteiger partial charge in [-0.1, -0.05) is 41.5 Å². The maximum Gasteiger partial charge on any atom is 0.229 e. The molecule has 255 valence electrons. The average Bonchev–Trinajstić information content (AvgIpc) is 3.62. The van der Waals surface area contributed by atoms with Crippen LogP contribution in [0.15, 0.2) is 0 Å². The number of carbonyl (C=O) groups excluding carboxylic acids is 1. The highest BCUT2D eigenvalue weighted by atomic mass is 16.5. The number of nitrogens with zero attached hydrogens (tertiary/aromatic N) is 2. The van der Waals surface area contributed by atoms with Crippen LogP contribution in [0.25, 0.3) is 0 Å². The summed E-state index contributed by atoms with van der Waals surface area (Å²) >= 11 is 0. The van der Waals surface area contributed by atoms with Crippen LogP contribution in [0.2, 0.25) is 0 Å².